The van der Waals surface area contributed by atoms with Gasteiger partial charge in [-0.25, -0.2) is 13.8 Å². The van der Waals surface area contributed by atoms with Crippen LogP contribution in [0.5, 0.6) is 5.75 Å². The Hall–Kier alpha value is -3.85. The highest BCUT2D eigenvalue weighted by Gasteiger charge is 2.15. The highest BCUT2D eigenvalue weighted by molar-refractivity contribution is 7.92. The summed E-state index contributed by atoms with van der Waals surface area (Å²) in [5.41, 5.74) is 5.17. The number of hydrogen-bond acceptors (Lipinski definition) is 6. The van der Waals surface area contributed by atoms with E-state index in [2.05, 4.69) is 34.0 Å². The van der Waals surface area contributed by atoms with Crippen molar-refractivity contribution >= 4 is 33.5 Å². The van der Waals surface area contributed by atoms with Gasteiger partial charge in [0.1, 0.15) is 5.75 Å². The molecular weight excluding hydrogens is 464 g/mol. The first-order valence-corrected chi connectivity index (χ1v) is 12.9. The maximum Gasteiger partial charge on any atom is 0.271 e. The number of nitrogens with zero attached hydrogens (tertiary/aromatic N) is 2. The molecule has 0 aromatic heterocycles. The lowest BCUT2D eigenvalue weighted by molar-refractivity contribution is 0.0955. The van der Waals surface area contributed by atoms with Gasteiger partial charge in [-0.3, -0.25) is 9.52 Å². The van der Waals surface area contributed by atoms with Crippen molar-refractivity contribution in [2.45, 2.75) is 25.7 Å². The van der Waals surface area contributed by atoms with E-state index in [-0.39, 0.29) is 4.90 Å². The number of carbonyl (C=O) groups is 1. The molecule has 0 unspecified atom stereocenters. The third kappa shape index (κ3) is 7.07. The van der Waals surface area contributed by atoms with Gasteiger partial charge in [-0.2, -0.15) is 5.10 Å². The van der Waals surface area contributed by atoms with Gasteiger partial charge in [-0.1, -0.05) is 12.1 Å². The number of nitrogens with one attached hydrogen (secondary N) is 2. The summed E-state index contributed by atoms with van der Waals surface area (Å²) >= 11 is 0. The average molecular weight is 495 g/mol. The molecule has 0 radical (unpaired) electrons. The fraction of sp³-hybridized carbons (Fsp3) is 0.231. The Labute approximate surface area is 206 Å². The summed E-state index contributed by atoms with van der Waals surface area (Å²) in [4.78, 5) is 14.7. The largest absolute Gasteiger partial charge is 0.494 e. The van der Waals surface area contributed by atoms with E-state index in [0.29, 0.717) is 23.6 Å². The van der Waals surface area contributed by atoms with Crippen molar-refractivity contribution < 1.29 is 17.9 Å². The molecule has 0 aliphatic heterocycles. The van der Waals surface area contributed by atoms with E-state index in [1.165, 1.54) is 36.4 Å². The second-order valence-corrected chi connectivity index (χ2v) is 9.23. The Bertz CT molecular complexity index is 1240. The van der Waals surface area contributed by atoms with E-state index in [4.69, 9.17) is 4.74 Å². The van der Waals surface area contributed by atoms with Crippen LogP contribution in [0, 0.1) is 0 Å². The summed E-state index contributed by atoms with van der Waals surface area (Å²) in [6.45, 7) is 8.44. The third-order valence-electron chi connectivity index (χ3n) is 5.25. The first kappa shape index (κ1) is 25.8. The fourth-order valence-electron chi connectivity index (χ4n) is 3.38. The summed E-state index contributed by atoms with van der Waals surface area (Å²) in [6.07, 6.45) is 1.57. The van der Waals surface area contributed by atoms with Crippen LogP contribution in [0.2, 0.25) is 0 Å². The predicted molar refractivity (Wildman–Crippen MR) is 140 cm³/mol. The molecule has 3 aromatic rings. The molecule has 3 rings (SSSR count). The molecule has 0 spiro atoms. The van der Waals surface area contributed by atoms with E-state index in [1.807, 2.05) is 31.2 Å². The normalized spacial score (nSPS) is 11.3. The number of ether oxygens (including phenoxy) is 1. The lowest BCUT2D eigenvalue weighted by Crippen LogP contribution is -2.21. The van der Waals surface area contributed by atoms with Gasteiger partial charge >= 0.3 is 0 Å². The van der Waals surface area contributed by atoms with E-state index in [9.17, 15) is 13.2 Å². The lowest BCUT2D eigenvalue weighted by Gasteiger charge is -2.20. The molecule has 0 heterocycles. The zero-order valence-corrected chi connectivity index (χ0v) is 20.9. The number of rotatable bonds is 11. The fourth-order valence-corrected chi connectivity index (χ4v) is 4.43. The van der Waals surface area contributed by atoms with Crippen molar-refractivity contribution in [1.29, 1.82) is 0 Å². The van der Waals surface area contributed by atoms with Crippen LogP contribution in [0.25, 0.3) is 0 Å². The molecule has 0 saturated heterocycles. The standard InChI is InChI=1S/C26H30N4O4S/c1-4-30(5-2)23-13-7-20(8-14-23)19-27-28-26(31)21-9-11-22(12-10-21)29-35(32,33)25-17-15-24(16-18-25)34-6-3/h7-19,29H,4-6H2,1-3H3,(H,28,31)/b27-19+. The quantitative estimate of drug-likeness (QED) is 0.302. The topological polar surface area (TPSA) is 100 Å². The van der Waals surface area contributed by atoms with Gasteiger partial charge in [-0.15, -0.1) is 0 Å². The van der Waals surface area contributed by atoms with Gasteiger partial charge in [0, 0.05) is 30.0 Å². The number of benzene rings is 3. The molecule has 35 heavy (non-hydrogen) atoms. The molecule has 0 saturated carbocycles. The molecule has 0 bridgehead atoms. The maximum atomic E-state index is 12.6. The second-order valence-electron chi connectivity index (χ2n) is 7.55. The predicted octanol–water partition coefficient (Wildman–Crippen LogP) is 4.50. The van der Waals surface area contributed by atoms with Crippen LogP contribution in [-0.4, -0.2) is 40.2 Å². The third-order valence-corrected chi connectivity index (χ3v) is 6.64. The highest BCUT2D eigenvalue weighted by Crippen LogP contribution is 2.20. The minimum atomic E-state index is -3.77. The van der Waals surface area contributed by atoms with E-state index >= 15 is 0 Å². The number of carbonyl (C=O) groups excluding carboxylic acids is 1. The molecule has 9 heteroatoms. The van der Waals surface area contributed by atoms with Crippen LogP contribution >= 0.6 is 0 Å². The van der Waals surface area contributed by atoms with Crippen molar-refractivity contribution in [1.82, 2.24) is 5.43 Å². The van der Waals surface area contributed by atoms with E-state index in [0.717, 1.165) is 24.3 Å². The molecule has 0 fully saturated rings. The van der Waals surface area contributed by atoms with Crippen molar-refractivity contribution in [2.75, 3.05) is 29.3 Å². The molecule has 184 valence electrons. The van der Waals surface area contributed by atoms with Crippen LogP contribution in [0.15, 0.2) is 82.8 Å². The van der Waals surface area contributed by atoms with Crippen LogP contribution in [0.1, 0.15) is 36.7 Å². The van der Waals surface area contributed by atoms with Crippen LogP contribution in [-0.2, 0) is 10.0 Å². The number of hydrazone groups is 1. The summed E-state index contributed by atoms with van der Waals surface area (Å²) < 4.78 is 33.1. The zero-order chi connectivity index (χ0) is 25.3. The Kier molecular flexibility index (Phi) is 8.86. The number of sulfonamides is 1. The summed E-state index contributed by atoms with van der Waals surface area (Å²) in [6, 6.07) is 20.2. The Morgan fingerprint density at radius 1 is 0.914 bits per heavy atom. The number of hydrogen-bond donors (Lipinski definition) is 2. The van der Waals surface area contributed by atoms with E-state index in [1.54, 1.807) is 18.3 Å². The van der Waals surface area contributed by atoms with Crippen molar-refractivity contribution in [3.63, 3.8) is 0 Å². The zero-order valence-electron chi connectivity index (χ0n) is 20.1. The molecule has 0 aliphatic rings. The van der Waals surface area contributed by atoms with Gasteiger partial charge in [0.15, 0.2) is 0 Å². The van der Waals surface area contributed by atoms with Gasteiger partial charge in [0.25, 0.3) is 15.9 Å². The number of amides is 1. The molecule has 1 amide bonds. The maximum absolute atomic E-state index is 12.6. The van der Waals surface area contributed by atoms with Crippen molar-refractivity contribution in [2.24, 2.45) is 5.10 Å². The Balaban J connectivity index is 1.57. The molecule has 8 nitrogen and oxygen atoms in total. The molecule has 2 N–H and O–H groups in total. The van der Waals surface area contributed by atoms with Crippen LogP contribution in [0.4, 0.5) is 11.4 Å². The summed E-state index contributed by atoms with van der Waals surface area (Å²) in [5.74, 6) is 0.197. The monoisotopic (exact) mass is 494 g/mol. The summed E-state index contributed by atoms with van der Waals surface area (Å²) in [7, 11) is -3.77. The minimum absolute atomic E-state index is 0.113. The smallest absolute Gasteiger partial charge is 0.271 e. The van der Waals surface area contributed by atoms with Crippen LogP contribution < -0.4 is 19.8 Å². The van der Waals surface area contributed by atoms with E-state index < -0.39 is 15.9 Å². The van der Waals surface area contributed by atoms with Crippen molar-refractivity contribution in [3.05, 3.63) is 83.9 Å². The first-order valence-electron chi connectivity index (χ1n) is 11.4. The molecule has 0 atom stereocenters. The average Bonchev–Trinajstić information content (AvgIpc) is 2.86. The SMILES string of the molecule is CCOc1ccc(S(=O)(=O)Nc2ccc(C(=O)N/N=C/c3ccc(N(CC)CC)cc3)cc2)cc1. The Morgan fingerprint density at radius 3 is 2.11 bits per heavy atom. The van der Waals surface area contributed by atoms with Crippen LogP contribution in [0.3, 0.4) is 0 Å². The summed E-state index contributed by atoms with van der Waals surface area (Å²) in [5, 5.41) is 4.01. The first-order chi connectivity index (χ1) is 16.9. The number of anilines is 2. The molecule has 3 aromatic carbocycles. The van der Waals surface area contributed by atoms with Gasteiger partial charge in [0.2, 0.25) is 0 Å². The molecular formula is C26H30N4O4S. The van der Waals surface area contributed by atoms with Crippen molar-refractivity contribution in [3.8, 4) is 5.75 Å². The molecule has 0 aliphatic carbocycles. The minimum Gasteiger partial charge on any atom is -0.494 e. The van der Waals surface area contributed by atoms with Gasteiger partial charge in [0.05, 0.1) is 17.7 Å². The second kappa shape index (κ2) is 12.0. The lowest BCUT2D eigenvalue weighted by atomic mass is 10.2. The Morgan fingerprint density at radius 2 is 1.54 bits per heavy atom. The van der Waals surface area contributed by atoms with Gasteiger partial charge < -0.3 is 9.64 Å². The van der Waals surface area contributed by atoms with Gasteiger partial charge in [-0.05, 0) is 87.0 Å². The highest BCUT2D eigenvalue weighted by atomic mass is 32.2.